The number of halogens is 1. The van der Waals surface area contributed by atoms with Gasteiger partial charge < -0.3 is 4.42 Å². The van der Waals surface area contributed by atoms with E-state index in [1.807, 2.05) is 77.4 Å². The number of oxazole rings is 1. The van der Waals surface area contributed by atoms with E-state index < -0.39 is 0 Å². The minimum atomic E-state index is -0.280. The Morgan fingerprint density at radius 2 is 1.38 bits per heavy atom. The van der Waals surface area contributed by atoms with Crippen LogP contribution in [0.15, 0.2) is 107 Å². The lowest BCUT2D eigenvalue weighted by Crippen LogP contribution is -2.03. The van der Waals surface area contributed by atoms with E-state index in [1.54, 1.807) is 30.3 Å². The second-order valence-electron chi connectivity index (χ2n) is 8.92. The zero-order chi connectivity index (χ0) is 25.1. The van der Waals surface area contributed by atoms with Crippen molar-refractivity contribution in [2.24, 2.45) is 0 Å². The largest absolute Gasteiger partial charge is 0.434 e. The standard InChI is InChI=1S/C31H17ClN2O3/c32-21-12-10-18(11-13-21)31-33-30-27(37-31)17-23(34(30)22-8-2-1-3-9-22)16-26-28(35)24-14-19-6-4-5-7-20(19)15-25(24)29(26)36/h1-17H. The van der Waals surface area contributed by atoms with Crippen molar-refractivity contribution in [1.82, 2.24) is 9.55 Å². The molecule has 0 unspecified atom stereocenters. The number of allylic oxidation sites excluding steroid dienone is 1. The quantitative estimate of drug-likeness (QED) is 0.186. The van der Waals surface area contributed by atoms with Gasteiger partial charge in [0, 0.05) is 33.5 Å². The van der Waals surface area contributed by atoms with Crippen molar-refractivity contribution in [1.29, 1.82) is 0 Å². The van der Waals surface area contributed by atoms with E-state index in [1.165, 1.54) is 0 Å². The van der Waals surface area contributed by atoms with Crippen molar-refractivity contribution in [3.63, 3.8) is 0 Å². The highest BCUT2D eigenvalue weighted by Gasteiger charge is 2.34. The van der Waals surface area contributed by atoms with Crippen LogP contribution in [0.3, 0.4) is 0 Å². The summed E-state index contributed by atoms with van der Waals surface area (Å²) in [5, 5.41) is 2.47. The zero-order valence-corrected chi connectivity index (χ0v) is 20.1. The van der Waals surface area contributed by atoms with E-state index in [0.717, 1.165) is 22.0 Å². The first-order valence-electron chi connectivity index (χ1n) is 11.7. The maximum Gasteiger partial charge on any atom is 0.228 e. The third-order valence-corrected chi connectivity index (χ3v) is 6.90. The fourth-order valence-electron chi connectivity index (χ4n) is 4.86. The molecular formula is C31H17ClN2O3. The van der Waals surface area contributed by atoms with Gasteiger partial charge in [-0.15, -0.1) is 0 Å². The average molecular weight is 501 g/mol. The molecule has 0 N–H and O–H groups in total. The molecular weight excluding hydrogens is 484 g/mol. The number of fused-ring (bicyclic) bond motifs is 3. The molecule has 2 aromatic heterocycles. The maximum absolute atomic E-state index is 13.4. The molecule has 6 aromatic rings. The van der Waals surface area contributed by atoms with Crippen LogP contribution in [0.5, 0.6) is 0 Å². The van der Waals surface area contributed by atoms with Crippen LogP contribution in [0, 0.1) is 0 Å². The molecule has 0 atom stereocenters. The number of carbonyl (C=O) groups is 2. The van der Waals surface area contributed by atoms with Crippen LogP contribution in [-0.4, -0.2) is 21.1 Å². The lowest BCUT2D eigenvalue weighted by atomic mass is 10.0. The summed E-state index contributed by atoms with van der Waals surface area (Å²) in [5.41, 5.74) is 4.38. The molecule has 0 amide bonds. The number of rotatable bonds is 3. The van der Waals surface area contributed by atoms with Crippen LogP contribution in [0.2, 0.25) is 5.02 Å². The normalized spacial score (nSPS) is 13.1. The molecule has 0 saturated heterocycles. The Hall–Kier alpha value is -4.74. The molecule has 0 spiro atoms. The number of nitrogens with zero attached hydrogens (tertiary/aromatic N) is 2. The van der Waals surface area contributed by atoms with Gasteiger partial charge in [0.15, 0.2) is 22.8 Å². The van der Waals surface area contributed by atoms with Gasteiger partial charge >= 0.3 is 0 Å². The summed E-state index contributed by atoms with van der Waals surface area (Å²) in [6, 6.07) is 30.0. The first-order valence-corrected chi connectivity index (χ1v) is 12.1. The minimum absolute atomic E-state index is 0.126. The highest BCUT2D eigenvalue weighted by Crippen LogP contribution is 2.34. The van der Waals surface area contributed by atoms with Crippen molar-refractivity contribution in [3.8, 4) is 17.1 Å². The smallest absolute Gasteiger partial charge is 0.228 e. The first kappa shape index (κ1) is 21.5. The molecule has 4 aromatic carbocycles. The molecule has 37 heavy (non-hydrogen) atoms. The first-order chi connectivity index (χ1) is 18.1. The number of benzene rings is 4. The van der Waals surface area contributed by atoms with Crippen LogP contribution in [0.1, 0.15) is 26.4 Å². The van der Waals surface area contributed by atoms with Gasteiger partial charge in [-0.25, -0.2) is 0 Å². The summed E-state index contributed by atoms with van der Waals surface area (Å²) in [6.07, 6.45) is 1.64. The number of Topliss-reactive ketones (excluding diaryl/α,β-unsaturated/α-hetero) is 2. The van der Waals surface area contributed by atoms with E-state index in [4.69, 9.17) is 21.0 Å². The van der Waals surface area contributed by atoms with Gasteiger partial charge in [0.2, 0.25) is 5.89 Å². The van der Waals surface area contributed by atoms with E-state index in [9.17, 15) is 9.59 Å². The maximum atomic E-state index is 13.4. The topological polar surface area (TPSA) is 65.1 Å². The number of ketones is 2. The Morgan fingerprint density at radius 3 is 2.03 bits per heavy atom. The molecule has 176 valence electrons. The van der Waals surface area contributed by atoms with Crippen molar-refractivity contribution in [2.45, 2.75) is 0 Å². The molecule has 1 aliphatic carbocycles. The zero-order valence-electron chi connectivity index (χ0n) is 19.3. The Morgan fingerprint density at radius 1 is 0.757 bits per heavy atom. The summed E-state index contributed by atoms with van der Waals surface area (Å²) in [6.45, 7) is 0. The molecule has 0 radical (unpaired) electrons. The van der Waals surface area contributed by atoms with Crippen molar-refractivity contribution >= 4 is 51.2 Å². The van der Waals surface area contributed by atoms with Crippen LogP contribution in [0.4, 0.5) is 0 Å². The van der Waals surface area contributed by atoms with Gasteiger partial charge in [-0.05, 0) is 65.4 Å². The summed E-state index contributed by atoms with van der Waals surface area (Å²) >= 11 is 6.03. The SMILES string of the molecule is O=C1C(=Cc2cc3oc(-c4ccc(Cl)cc4)nc3n2-c2ccccc2)C(=O)c2cc3ccccc3cc21. The minimum Gasteiger partial charge on any atom is -0.434 e. The predicted molar refractivity (Wildman–Crippen MR) is 144 cm³/mol. The second-order valence-corrected chi connectivity index (χ2v) is 9.35. The molecule has 0 aliphatic heterocycles. The number of aromatic nitrogens is 2. The fraction of sp³-hybridized carbons (Fsp3) is 0. The van der Waals surface area contributed by atoms with Crippen LogP contribution in [-0.2, 0) is 0 Å². The molecule has 2 heterocycles. The van der Waals surface area contributed by atoms with Crippen LogP contribution in [0.25, 0.3) is 45.2 Å². The average Bonchev–Trinajstić information content (AvgIpc) is 3.55. The van der Waals surface area contributed by atoms with E-state index in [-0.39, 0.29) is 17.1 Å². The second kappa shape index (κ2) is 8.15. The van der Waals surface area contributed by atoms with Gasteiger partial charge in [-0.2, -0.15) is 4.98 Å². The monoisotopic (exact) mass is 500 g/mol. The highest BCUT2D eigenvalue weighted by atomic mass is 35.5. The van der Waals surface area contributed by atoms with E-state index >= 15 is 0 Å². The predicted octanol–water partition coefficient (Wildman–Crippen LogP) is 7.55. The van der Waals surface area contributed by atoms with Gasteiger partial charge in [0.25, 0.3) is 0 Å². The Bertz CT molecular complexity index is 1860. The third kappa shape index (κ3) is 3.44. The number of hydrogen-bond donors (Lipinski definition) is 0. The fourth-order valence-corrected chi connectivity index (χ4v) is 4.98. The summed E-state index contributed by atoms with van der Waals surface area (Å²) in [5.74, 6) is -0.103. The molecule has 0 bridgehead atoms. The Kier molecular flexibility index (Phi) is 4.74. The van der Waals surface area contributed by atoms with Crippen molar-refractivity contribution in [2.75, 3.05) is 0 Å². The Labute approximate surface area is 216 Å². The molecule has 1 aliphatic rings. The van der Waals surface area contributed by atoms with Gasteiger partial charge in [0.05, 0.1) is 11.3 Å². The van der Waals surface area contributed by atoms with Gasteiger partial charge in [0.1, 0.15) is 0 Å². The lowest BCUT2D eigenvalue weighted by molar-refractivity contribution is 0.0990. The number of carbonyl (C=O) groups excluding carboxylic acids is 2. The van der Waals surface area contributed by atoms with E-state index in [2.05, 4.69) is 0 Å². The van der Waals surface area contributed by atoms with Gasteiger partial charge in [-0.3, -0.25) is 14.2 Å². The number of para-hydroxylation sites is 1. The highest BCUT2D eigenvalue weighted by molar-refractivity contribution is 6.42. The van der Waals surface area contributed by atoms with Crippen LogP contribution >= 0.6 is 11.6 Å². The molecule has 7 rings (SSSR count). The van der Waals surface area contributed by atoms with Crippen LogP contribution < -0.4 is 0 Å². The number of hydrogen-bond acceptors (Lipinski definition) is 4. The summed E-state index contributed by atoms with van der Waals surface area (Å²) in [4.78, 5) is 31.5. The van der Waals surface area contributed by atoms with Crippen molar-refractivity contribution in [3.05, 3.63) is 124 Å². The lowest BCUT2D eigenvalue weighted by Gasteiger charge is -2.07. The molecule has 5 nitrogen and oxygen atoms in total. The molecule has 0 fully saturated rings. The Balaban J connectivity index is 1.39. The van der Waals surface area contributed by atoms with Crippen molar-refractivity contribution < 1.29 is 14.0 Å². The molecule has 0 saturated carbocycles. The van der Waals surface area contributed by atoms with E-state index in [0.29, 0.717) is 39.0 Å². The third-order valence-electron chi connectivity index (χ3n) is 6.65. The summed E-state index contributed by atoms with van der Waals surface area (Å²) in [7, 11) is 0. The van der Waals surface area contributed by atoms with Gasteiger partial charge in [-0.1, -0.05) is 54.1 Å². The molecule has 6 heteroatoms. The summed E-state index contributed by atoms with van der Waals surface area (Å²) < 4.78 is 7.99.